The molecule has 1 saturated heterocycles. The number of aromatic nitrogens is 1. The lowest BCUT2D eigenvalue weighted by molar-refractivity contribution is 0.643. The summed E-state index contributed by atoms with van der Waals surface area (Å²) in [5, 5.41) is 0. The van der Waals surface area contributed by atoms with E-state index in [1.54, 1.807) is 0 Å². The van der Waals surface area contributed by atoms with E-state index in [-0.39, 0.29) is 0 Å². The van der Waals surface area contributed by atoms with Gasteiger partial charge in [0.15, 0.2) is 0 Å². The Morgan fingerprint density at radius 1 is 1.60 bits per heavy atom. The minimum atomic E-state index is 0.574. The summed E-state index contributed by atoms with van der Waals surface area (Å²) in [5.74, 6) is 0.574. The van der Waals surface area contributed by atoms with E-state index in [1.807, 2.05) is 18.5 Å². The molecule has 82 valence electrons. The molecule has 1 atom stereocenters. The molecule has 1 fully saturated rings. The van der Waals surface area contributed by atoms with Crippen molar-refractivity contribution in [2.24, 2.45) is 0 Å². The van der Waals surface area contributed by atoms with Crippen molar-refractivity contribution >= 4 is 17.3 Å². The summed E-state index contributed by atoms with van der Waals surface area (Å²) in [7, 11) is 0. The van der Waals surface area contributed by atoms with Gasteiger partial charge < -0.3 is 4.90 Å². The Morgan fingerprint density at radius 2 is 2.47 bits per heavy atom. The fourth-order valence-corrected chi connectivity index (χ4v) is 2.59. The van der Waals surface area contributed by atoms with E-state index in [1.165, 1.54) is 30.5 Å². The summed E-state index contributed by atoms with van der Waals surface area (Å²) in [4.78, 5) is 6.67. The molecule has 2 nitrogen and oxygen atoms in total. The molecular weight excluding hydrogens is 208 g/mol. The van der Waals surface area contributed by atoms with Gasteiger partial charge in [-0.1, -0.05) is 6.92 Å². The summed E-state index contributed by atoms with van der Waals surface area (Å²) < 4.78 is 0. The molecule has 15 heavy (non-hydrogen) atoms. The van der Waals surface area contributed by atoms with Crippen molar-refractivity contribution < 1.29 is 0 Å². The van der Waals surface area contributed by atoms with Crippen LogP contribution in [0.4, 0.5) is 5.69 Å². The molecule has 1 aromatic rings. The van der Waals surface area contributed by atoms with E-state index in [0.29, 0.717) is 11.9 Å². The summed E-state index contributed by atoms with van der Waals surface area (Å²) in [6, 6.07) is 2.70. The average molecular weight is 225 g/mol. The van der Waals surface area contributed by atoms with Crippen LogP contribution in [0.3, 0.4) is 0 Å². The van der Waals surface area contributed by atoms with E-state index in [9.17, 15) is 0 Å². The van der Waals surface area contributed by atoms with Crippen molar-refractivity contribution in [1.29, 1.82) is 0 Å². The van der Waals surface area contributed by atoms with Gasteiger partial charge >= 0.3 is 0 Å². The van der Waals surface area contributed by atoms with Gasteiger partial charge in [-0.15, -0.1) is 11.6 Å². The van der Waals surface area contributed by atoms with Crippen molar-refractivity contribution in [1.82, 2.24) is 4.98 Å². The number of hydrogen-bond donors (Lipinski definition) is 0. The Bertz CT molecular complexity index is 327. The second-order valence-electron chi connectivity index (χ2n) is 4.04. The van der Waals surface area contributed by atoms with Crippen LogP contribution in [0.1, 0.15) is 31.7 Å². The average Bonchev–Trinajstić information content (AvgIpc) is 2.76. The highest BCUT2D eigenvalue weighted by atomic mass is 35.5. The van der Waals surface area contributed by atoms with Gasteiger partial charge in [-0.2, -0.15) is 0 Å². The first-order valence-corrected chi connectivity index (χ1v) is 6.15. The van der Waals surface area contributed by atoms with E-state index >= 15 is 0 Å². The van der Waals surface area contributed by atoms with Crippen LogP contribution in [0, 0.1) is 0 Å². The van der Waals surface area contributed by atoms with Gasteiger partial charge in [0.25, 0.3) is 0 Å². The first-order chi connectivity index (χ1) is 7.36. The third kappa shape index (κ3) is 2.10. The molecule has 0 radical (unpaired) electrons. The van der Waals surface area contributed by atoms with E-state index < -0.39 is 0 Å². The van der Waals surface area contributed by atoms with Gasteiger partial charge in [0.1, 0.15) is 0 Å². The lowest BCUT2D eigenvalue weighted by Gasteiger charge is -2.27. The first kappa shape index (κ1) is 10.7. The molecule has 0 N–H and O–H groups in total. The van der Waals surface area contributed by atoms with E-state index in [2.05, 4.69) is 16.8 Å². The zero-order valence-electron chi connectivity index (χ0n) is 9.12. The summed E-state index contributed by atoms with van der Waals surface area (Å²) >= 11 is 5.95. The molecule has 0 spiro atoms. The van der Waals surface area contributed by atoms with Crippen molar-refractivity contribution in [3.8, 4) is 0 Å². The second kappa shape index (κ2) is 4.84. The third-order valence-corrected chi connectivity index (χ3v) is 3.48. The normalized spacial score (nSPS) is 20.9. The fraction of sp³-hybridized carbons (Fsp3) is 0.583. The fourth-order valence-electron chi connectivity index (χ4n) is 2.36. The van der Waals surface area contributed by atoms with Crippen LogP contribution in [0.5, 0.6) is 0 Å². The Balaban J connectivity index is 2.27. The number of hydrogen-bond acceptors (Lipinski definition) is 2. The van der Waals surface area contributed by atoms with Crippen molar-refractivity contribution in [2.45, 2.75) is 38.1 Å². The minimum Gasteiger partial charge on any atom is -0.367 e. The van der Waals surface area contributed by atoms with Gasteiger partial charge in [0.2, 0.25) is 0 Å². The molecule has 3 heteroatoms. The predicted octanol–water partition coefficient (Wildman–Crippen LogP) is 3.20. The zero-order chi connectivity index (χ0) is 10.7. The molecule has 2 rings (SSSR count). The van der Waals surface area contributed by atoms with E-state index in [4.69, 9.17) is 11.6 Å². The Kier molecular flexibility index (Phi) is 3.47. The van der Waals surface area contributed by atoms with Crippen LogP contribution in [-0.4, -0.2) is 17.6 Å². The monoisotopic (exact) mass is 224 g/mol. The number of halogens is 1. The number of nitrogens with zero attached hydrogens (tertiary/aromatic N) is 2. The third-order valence-electron chi connectivity index (χ3n) is 3.19. The maximum Gasteiger partial charge on any atom is 0.0600 e. The highest BCUT2D eigenvalue weighted by Crippen LogP contribution is 2.29. The Hall–Kier alpha value is -0.760. The van der Waals surface area contributed by atoms with Crippen LogP contribution >= 0.6 is 11.6 Å². The minimum absolute atomic E-state index is 0.574. The standard InChI is InChI=1S/C12H17ClN2/c1-2-11-4-3-7-15(11)12-9-14-6-5-10(12)8-13/h5-6,9,11H,2-4,7-8H2,1H3. The van der Waals surface area contributed by atoms with Gasteiger partial charge in [-0.05, 0) is 30.9 Å². The number of rotatable bonds is 3. The van der Waals surface area contributed by atoms with Crippen molar-refractivity contribution in [3.63, 3.8) is 0 Å². The Labute approximate surface area is 96.3 Å². The lowest BCUT2D eigenvalue weighted by atomic mass is 10.1. The Morgan fingerprint density at radius 3 is 3.20 bits per heavy atom. The lowest BCUT2D eigenvalue weighted by Crippen LogP contribution is -2.29. The summed E-state index contributed by atoms with van der Waals surface area (Å²) in [6.45, 7) is 3.40. The smallest absolute Gasteiger partial charge is 0.0600 e. The van der Waals surface area contributed by atoms with Gasteiger partial charge in [-0.25, -0.2) is 0 Å². The molecule has 1 aliphatic rings. The molecule has 0 bridgehead atoms. The summed E-state index contributed by atoms with van der Waals surface area (Å²) in [6.07, 6.45) is 7.56. The van der Waals surface area contributed by atoms with Gasteiger partial charge in [-0.3, -0.25) is 4.98 Å². The van der Waals surface area contributed by atoms with Crippen LogP contribution < -0.4 is 4.90 Å². The maximum atomic E-state index is 5.95. The number of alkyl halides is 1. The molecule has 0 aliphatic carbocycles. The molecule has 1 aromatic heterocycles. The highest BCUT2D eigenvalue weighted by molar-refractivity contribution is 6.17. The van der Waals surface area contributed by atoms with Gasteiger partial charge in [0, 0.05) is 24.7 Å². The SMILES string of the molecule is CCC1CCCN1c1cnccc1CCl. The summed E-state index contributed by atoms with van der Waals surface area (Å²) in [5.41, 5.74) is 2.43. The molecule has 0 saturated carbocycles. The first-order valence-electron chi connectivity index (χ1n) is 5.62. The predicted molar refractivity (Wildman–Crippen MR) is 64.5 cm³/mol. The molecule has 0 amide bonds. The zero-order valence-corrected chi connectivity index (χ0v) is 9.87. The highest BCUT2D eigenvalue weighted by Gasteiger charge is 2.24. The van der Waals surface area contributed by atoms with Gasteiger partial charge in [0.05, 0.1) is 11.9 Å². The maximum absolute atomic E-state index is 5.95. The van der Waals surface area contributed by atoms with Crippen molar-refractivity contribution in [2.75, 3.05) is 11.4 Å². The molecule has 1 aliphatic heterocycles. The molecular formula is C12H17ClN2. The molecule has 2 heterocycles. The quantitative estimate of drug-likeness (QED) is 0.733. The largest absolute Gasteiger partial charge is 0.367 e. The van der Waals surface area contributed by atoms with Crippen LogP contribution in [0.15, 0.2) is 18.5 Å². The van der Waals surface area contributed by atoms with E-state index in [0.717, 1.165) is 6.54 Å². The molecule has 1 unspecified atom stereocenters. The van der Waals surface area contributed by atoms with Crippen LogP contribution in [-0.2, 0) is 5.88 Å². The number of anilines is 1. The van der Waals surface area contributed by atoms with Crippen LogP contribution in [0.25, 0.3) is 0 Å². The molecule has 0 aromatic carbocycles. The second-order valence-corrected chi connectivity index (χ2v) is 4.30. The topological polar surface area (TPSA) is 16.1 Å². The van der Waals surface area contributed by atoms with Crippen LogP contribution in [0.2, 0.25) is 0 Å². The van der Waals surface area contributed by atoms with Crippen molar-refractivity contribution in [3.05, 3.63) is 24.0 Å². The number of pyridine rings is 1.